The van der Waals surface area contributed by atoms with Gasteiger partial charge in [0.25, 0.3) is 0 Å². The number of rotatable bonds is 4. The first-order valence-electron chi connectivity index (χ1n) is 4.83. The van der Waals surface area contributed by atoms with E-state index < -0.39 is 0 Å². The Morgan fingerprint density at radius 2 is 2.31 bits per heavy atom. The van der Waals surface area contributed by atoms with Crippen LogP contribution in [0.1, 0.15) is 37.5 Å². The van der Waals surface area contributed by atoms with Crippen LogP contribution in [0.3, 0.4) is 0 Å². The number of aromatic nitrogens is 2. The number of hydrogen-bond acceptors (Lipinski definition) is 4. The summed E-state index contributed by atoms with van der Waals surface area (Å²) in [5, 5.41) is 8.00. The highest BCUT2D eigenvalue weighted by atomic mass is 16.4. The average Bonchev–Trinajstić information content (AvgIpc) is 2.67. The second kappa shape index (κ2) is 3.46. The molecular formula is C9H15N3O. The van der Waals surface area contributed by atoms with Crippen LogP contribution in [0.5, 0.6) is 0 Å². The SMILES string of the molecule is CC1CC1c1nnc(CCCN)o1. The third kappa shape index (κ3) is 1.88. The van der Waals surface area contributed by atoms with Gasteiger partial charge in [-0.15, -0.1) is 10.2 Å². The van der Waals surface area contributed by atoms with Gasteiger partial charge in [0.15, 0.2) is 0 Å². The van der Waals surface area contributed by atoms with Crippen molar-refractivity contribution >= 4 is 0 Å². The molecular weight excluding hydrogens is 166 g/mol. The second-order valence-corrected chi connectivity index (χ2v) is 3.75. The number of aryl methyl sites for hydroxylation is 1. The molecule has 1 saturated carbocycles. The first-order chi connectivity index (χ1) is 6.31. The van der Waals surface area contributed by atoms with Gasteiger partial charge in [0.1, 0.15) is 0 Å². The summed E-state index contributed by atoms with van der Waals surface area (Å²) < 4.78 is 5.50. The second-order valence-electron chi connectivity index (χ2n) is 3.75. The van der Waals surface area contributed by atoms with Crippen LogP contribution in [0.15, 0.2) is 4.42 Å². The van der Waals surface area contributed by atoms with Crippen molar-refractivity contribution in [3.05, 3.63) is 11.8 Å². The van der Waals surface area contributed by atoms with E-state index in [1.807, 2.05) is 0 Å². The van der Waals surface area contributed by atoms with Crippen LogP contribution in [0.25, 0.3) is 0 Å². The van der Waals surface area contributed by atoms with Crippen molar-refractivity contribution < 1.29 is 4.42 Å². The van der Waals surface area contributed by atoms with Crippen LogP contribution in [-0.2, 0) is 6.42 Å². The van der Waals surface area contributed by atoms with Crippen LogP contribution < -0.4 is 5.73 Å². The molecule has 1 aromatic rings. The zero-order chi connectivity index (χ0) is 9.26. The Morgan fingerprint density at radius 1 is 1.54 bits per heavy atom. The van der Waals surface area contributed by atoms with Crippen molar-refractivity contribution in [1.29, 1.82) is 0 Å². The maximum atomic E-state index is 5.50. The lowest BCUT2D eigenvalue weighted by molar-refractivity contribution is 0.442. The van der Waals surface area contributed by atoms with Gasteiger partial charge >= 0.3 is 0 Å². The van der Waals surface area contributed by atoms with Crippen LogP contribution in [0.2, 0.25) is 0 Å². The maximum absolute atomic E-state index is 5.50. The summed E-state index contributed by atoms with van der Waals surface area (Å²) in [6.07, 6.45) is 2.92. The summed E-state index contributed by atoms with van der Waals surface area (Å²) in [7, 11) is 0. The summed E-state index contributed by atoms with van der Waals surface area (Å²) >= 11 is 0. The smallest absolute Gasteiger partial charge is 0.219 e. The molecule has 13 heavy (non-hydrogen) atoms. The van der Waals surface area contributed by atoms with Gasteiger partial charge in [0, 0.05) is 12.3 Å². The van der Waals surface area contributed by atoms with Gasteiger partial charge in [-0.3, -0.25) is 0 Å². The third-order valence-corrected chi connectivity index (χ3v) is 2.50. The fourth-order valence-corrected chi connectivity index (χ4v) is 1.44. The van der Waals surface area contributed by atoms with E-state index in [0.29, 0.717) is 12.5 Å². The van der Waals surface area contributed by atoms with Crippen LogP contribution in [-0.4, -0.2) is 16.7 Å². The topological polar surface area (TPSA) is 64.9 Å². The molecule has 4 nitrogen and oxygen atoms in total. The van der Waals surface area contributed by atoms with Gasteiger partial charge in [-0.2, -0.15) is 0 Å². The highest BCUT2D eigenvalue weighted by molar-refractivity contribution is 5.04. The maximum Gasteiger partial charge on any atom is 0.219 e. The molecule has 0 bridgehead atoms. The van der Waals surface area contributed by atoms with Crippen molar-refractivity contribution in [1.82, 2.24) is 10.2 Å². The lowest BCUT2D eigenvalue weighted by Gasteiger charge is -1.90. The standard InChI is InChI=1S/C9H15N3O/c1-6-5-7(6)9-12-11-8(13-9)3-2-4-10/h6-7H,2-5,10H2,1H3. The molecule has 2 rings (SSSR count). The first kappa shape index (κ1) is 8.69. The molecule has 0 amide bonds. The molecule has 2 unspecified atom stereocenters. The van der Waals surface area contributed by atoms with Crippen molar-refractivity contribution in [3.63, 3.8) is 0 Å². The van der Waals surface area contributed by atoms with Gasteiger partial charge in [-0.1, -0.05) is 6.92 Å². The third-order valence-electron chi connectivity index (χ3n) is 2.50. The van der Waals surface area contributed by atoms with E-state index in [2.05, 4.69) is 17.1 Å². The van der Waals surface area contributed by atoms with Crippen molar-refractivity contribution in [2.75, 3.05) is 6.54 Å². The van der Waals surface area contributed by atoms with Crippen molar-refractivity contribution in [3.8, 4) is 0 Å². The highest BCUT2D eigenvalue weighted by Gasteiger charge is 2.38. The van der Waals surface area contributed by atoms with Gasteiger partial charge in [-0.05, 0) is 25.3 Å². The van der Waals surface area contributed by atoms with E-state index in [4.69, 9.17) is 10.2 Å². The number of hydrogen-bond donors (Lipinski definition) is 1. The van der Waals surface area contributed by atoms with Gasteiger partial charge in [0.2, 0.25) is 11.8 Å². The molecule has 1 aromatic heterocycles. The average molecular weight is 181 g/mol. The Morgan fingerprint density at radius 3 is 2.92 bits per heavy atom. The molecule has 0 aliphatic heterocycles. The summed E-state index contributed by atoms with van der Waals surface area (Å²) in [5.41, 5.74) is 5.39. The molecule has 0 radical (unpaired) electrons. The highest BCUT2D eigenvalue weighted by Crippen LogP contribution is 2.46. The molecule has 0 saturated heterocycles. The fourth-order valence-electron chi connectivity index (χ4n) is 1.44. The predicted molar refractivity (Wildman–Crippen MR) is 48.2 cm³/mol. The monoisotopic (exact) mass is 181 g/mol. The summed E-state index contributed by atoms with van der Waals surface area (Å²) in [5.74, 6) is 2.81. The normalized spacial score (nSPS) is 26.3. The molecule has 0 spiro atoms. The zero-order valence-corrected chi connectivity index (χ0v) is 7.86. The Bertz CT molecular complexity index is 284. The van der Waals surface area contributed by atoms with Crippen LogP contribution in [0.4, 0.5) is 0 Å². The minimum absolute atomic E-state index is 0.527. The molecule has 4 heteroatoms. The molecule has 0 aromatic carbocycles. The minimum atomic E-state index is 0.527. The molecule has 1 fully saturated rings. The lowest BCUT2D eigenvalue weighted by Crippen LogP contribution is -2.00. The summed E-state index contributed by atoms with van der Waals surface area (Å²) in [6, 6.07) is 0. The molecule has 72 valence electrons. The minimum Gasteiger partial charge on any atom is -0.425 e. The van der Waals surface area contributed by atoms with E-state index in [1.54, 1.807) is 0 Å². The Balaban J connectivity index is 1.94. The molecule has 1 heterocycles. The van der Waals surface area contributed by atoms with E-state index in [1.165, 1.54) is 6.42 Å². The van der Waals surface area contributed by atoms with Crippen LogP contribution >= 0.6 is 0 Å². The van der Waals surface area contributed by atoms with E-state index in [-0.39, 0.29) is 0 Å². The Kier molecular flexibility index (Phi) is 2.31. The van der Waals surface area contributed by atoms with E-state index in [0.717, 1.165) is 30.5 Å². The number of nitrogens with zero attached hydrogens (tertiary/aromatic N) is 2. The Hall–Kier alpha value is -0.900. The summed E-state index contributed by atoms with van der Waals surface area (Å²) in [4.78, 5) is 0. The molecule has 2 atom stereocenters. The van der Waals surface area contributed by atoms with Gasteiger partial charge in [-0.25, -0.2) is 0 Å². The number of nitrogens with two attached hydrogens (primary N) is 1. The first-order valence-corrected chi connectivity index (χ1v) is 4.83. The van der Waals surface area contributed by atoms with Crippen molar-refractivity contribution in [2.45, 2.75) is 32.1 Å². The Labute approximate surface area is 77.5 Å². The zero-order valence-electron chi connectivity index (χ0n) is 7.86. The van der Waals surface area contributed by atoms with Crippen LogP contribution in [0, 0.1) is 5.92 Å². The molecule has 2 N–H and O–H groups in total. The summed E-state index contributed by atoms with van der Waals surface area (Å²) in [6.45, 7) is 2.88. The lowest BCUT2D eigenvalue weighted by atomic mass is 10.3. The predicted octanol–water partition coefficient (Wildman–Crippen LogP) is 1.08. The van der Waals surface area contributed by atoms with Gasteiger partial charge < -0.3 is 10.2 Å². The fraction of sp³-hybridized carbons (Fsp3) is 0.778. The van der Waals surface area contributed by atoms with E-state index >= 15 is 0 Å². The molecule has 1 aliphatic carbocycles. The largest absolute Gasteiger partial charge is 0.425 e. The molecule has 1 aliphatic rings. The van der Waals surface area contributed by atoms with Gasteiger partial charge in [0.05, 0.1) is 0 Å². The van der Waals surface area contributed by atoms with E-state index in [9.17, 15) is 0 Å². The quantitative estimate of drug-likeness (QED) is 0.755. The van der Waals surface area contributed by atoms with Crippen molar-refractivity contribution in [2.24, 2.45) is 11.7 Å².